The summed E-state index contributed by atoms with van der Waals surface area (Å²) in [6.07, 6.45) is 8.93. The van der Waals surface area contributed by atoms with Crippen LogP contribution in [0.5, 0.6) is 5.75 Å². The highest BCUT2D eigenvalue weighted by Crippen LogP contribution is 2.43. The van der Waals surface area contributed by atoms with Crippen LogP contribution >= 0.6 is 0 Å². The minimum absolute atomic E-state index is 0.377. The lowest BCUT2D eigenvalue weighted by atomic mass is 9.67. The van der Waals surface area contributed by atoms with Crippen LogP contribution in [0, 0.1) is 5.41 Å². The first-order chi connectivity index (χ1) is 15.7. The number of hydrogen-bond donors (Lipinski definition) is 2. The predicted molar refractivity (Wildman–Crippen MR) is 126 cm³/mol. The highest BCUT2D eigenvalue weighted by atomic mass is 16.5. The number of guanidine groups is 1. The number of aryl methyl sites for hydroxylation is 1. The van der Waals surface area contributed by atoms with Crippen LogP contribution in [0.3, 0.4) is 0 Å². The van der Waals surface area contributed by atoms with Gasteiger partial charge in [0.15, 0.2) is 5.96 Å². The average Bonchev–Trinajstić information content (AvgIpc) is 3.27. The zero-order valence-electron chi connectivity index (χ0n) is 19.7. The third-order valence-corrected chi connectivity index (χ3v) is 6.28. The maximum atomic E-state index is 5.40. The summed E-state index contributed by atoms with van der Waals surface area (Å²) in [6.45, 7) is 2.69. The van der Waals surface area contributed by atoms with E-state index in [1.54, 1.807) is 14.2 Å². The molecule has 0 amide bonds. The molecule has 1 fully saturated rings. The van der Waals surface area contributed by atoms with Crippen LogP contribution in [-0.2, 0) is 11.2 Å². The van der Waals surface area contributed by atoms with Gasteiger partial charge in [-0.15, -0.1) is 0 Å². The first-order valence-corrected chi connectivity index (χ1v) is 11.6. The maximum absolute atomic E-state index is 5.40. The Morgan fingerprint density at radius 1 is 1.12 bits per heavy atom. The zero-order valence-corrected chi connectivity index (χ0v) is 19.7. The monoisotopic (exact) mass is 443 g/mol. The third kappa shape index (κ3) is 6.95. The van der Waals surface area contributed by atoms with Crippen LogP contribution < -0.4 is 15.4 Å². The van der Waals surface area contributed by atoms with Crippen molar-refractivity contribution in [2.45, 2.75) is 51.4 Å². The molecule has 1 aromatic carbocycles. The predicted octanol–water partition coefficient (Wildman–Crippen LogP) is 3.83. The summed E-state index contributed by atoms with van der Waals surface area (Å²) in [5.41, 5.74) is 1.30. The fraction of sp³-hybridized carbons (Fsp3) is 0.625. The summed E-state index contributed by atoms with van der Waals surface area (Å²) < 4.78 is 15.9. The van der Waals surface area contributed by atoms with E-state index in [1.165, 1.54) is 19.3 Å². The standard InChI is InChI=1S/C24H37N5O3/c1-25-23(27-18-24(13-7-14-24)15-17-30-2)26-16-6-4-5-8-21-28-22(29-32-21)19-9-11-20(31-3)12-10-19/h9-12H,4-8,13-18H2,1-3H3,(H2,25,26,27). The molecule has 0 radical (unpaired) electrons. The molecule has 1 heterocycles. The van der Waals surface area contributed by atoms with Crippen molar-refractivity contribution in [2.24, 2.45) is 10.4 Å². The second-order valence-electron chi connectivity index (χ2n) is 8.50. The van der Waals surface area contributed by atoms with Gasteiger partial charge in [-0.25, -0.2) is 0 Å². The molecule has 8 nitrogen and oxygen atoms in total. The largest absolute Gasteiger partial charge is 0.497 e. The number of ether oxygens (including phenoxy) is 2. The van der Waals surface area contributed by atoms with E-state index >= 15 is 0 Å². The van der Waals surface area contributed by atoms with Gasteiger partial charge in [-0.05, 0) is 61.8 Å². The molecular formula is C24H37N5O3. The molecule has 8 heteroatoms. The quantitative estimate of drug-likeness (QED) is 0.276. The van der Waals surface area contributed by atoms with Crippen LogP contribution in [-0.4, -0.2) is 57.1 Å². The Labute approximate surface area is 191 Å². The van der Waals surface area contributed by atoms with Crippen LogP contribution in [0.1, 0.15) is 50.8 Å². The Morgan fingerprint density at radius 3 is 2.59 bits per heavy atom. The van der Waals surface area contributed by atoms with Crippen molar-refractivity contribution in [3.8, 4) is 17.1 Å². The van der Waals surface area contributed by atoms with Gasteiger partial charge in [-0.1, -0.05) is 18.0 Å². The van der Waals surface area contributed by atoms with Crippen molar-refractivity contribution in [3.63, 3.8) is 0 Å². The summed E-state index contributed by atoms with van der Waals surface area (Å²) >= 11 is 0. The summed E-state index contributed by atoms with van der Waals surface area (Å²) in [5.74, 6) is 3.00. The van der Waals surface area contributed by atoms with E-state index in [9.17, 15) is 0 Å². The molecule has 0 aliphatic heterocycles. The second kappa shape index (κ2) is 12.4. The molecule has 1 aliphatic rings. The lowest BCUT2D eigenvalue weighted by molar-refractivity contribution is 0.0732. The summed E-state index contributed by atoms with van der Waals surface area (Å²) in [7, 11) is 5.25. The molecule has 32 heavy (non-hydrogen) atoms. The number of benzene rings is 1. The molecule has 1 aliphatic carbocycles. The van der Waals surface area contributed by atoms with E-state index in [0.717, 1.165) is 69.1 Å². The molecule has 0 unspecified atom stereocenters. The van der Waals surface area contributed by atoms with E-state index in [4.69, 9.17) is 14.0 Å². The van der Waals surface area contributed by atoms with Crippen LogP contribution in [0.2, 0.25) is 0 Å². The maximum Gasteiger partial charge on any atom is 0.226 e. The molecule has 0 saturated heterocycles. The van der Waals surface area contributed by atoms with Crippen molar-refractivity contribution in [1.82, 2.24) is 20.8 Å². The molecule has 176 valence electrons. The highest BCUT2D eigenvalue weighted by molar-refractivity contribution is 5.79. The molecule has 0 atom stereocenters. The van der Waals surface area contributed by atoms with E-state index in [0.29, 0.717) is 17.1 Å². The fourth-order valence-corrected chi connectivity index (χ4v) is 4.00. The zero-order chi connectivity index (χ0) is 22.7. The summed E-state index contributed by atoms with van der Waals surface area (Å²) in [5, 5.41) is 11.0. The van der Waals surface area contributed by atoms with E-state index in [-0.39, 0.29) is 0 Å². The molecule has 2 aromatic rings. The van der Waals surface area contributed by atoms with Crippen LogP contribution in [0.4, 0.5) is 0 Å². The lowest BCUT2D eigenvalue weighted by Crippen LogP contribution is -2.47. The van der Waals surface area contributed by atoms with E-state index in [2.05, 4.69) is 25.8 Å². The van der Waals surface area contributed by atoms with Crippen LogP contribution in [0.25, 0.3) is 11.4 Å². The first-order valence-electron chi connectivity index (χ1n) is 11.6. The Balaban J connectivity index is 1.30. The number of aliphatic imine (C=N–C) groups is 1. The number of nitrogens with one attached hydrogen (secondary N) is 2. The number of rotatable bonds is 13. The third-order valence-electron chi connectivity index (χ3n) is 6.28. The Morgan fingerprint density at radius 2 is 1.94 bits per heavy atom. The molecule has 1 aromatic heterocycles. The molecule has 0 bridgehead atoms. The number of methoxy groups -OCH3 is 2. The molecule has 2 N–H and O–H groups in total. The normalized spacial score (nSPS) is 15.3. The number of hydrogen-bond acceptors (Lipinski definition) is 6. The minimum atomic E-state index is 0.377. The lowest BCUT2D eigenvalue weighted by Gasteiger charge is -2.42. The van der Waals surface area contributed by atoms with Gasteiger partial charge in [0.05, 0.1) is 7.11 Å². The highest BCUT2D eigenvalue weighted by Gasteiger charge is 2.36. The fourth-order valence-electron chi connectivity index (χ4n) is 4.00. The van der Waals surface area contributed by atoms with Gasteiger partial charge < -0.3 is 24.6 Å². The smallest absolute Gasteiger partial charge is 0.226 e. The van der Waals surface area contributed by atoms with Gasteiger partial charge in [0, 0.05) is 45.8 Å². The number of aromatic nitrogens is 2. The summed E-state index contributed by atoms with van der Waals surface area (Å²) in [6, 6.07) is 7.66. The van der Waals surface area contributed by atoms with Gasteiger partial charge >= 0.3 is 0 Å². The van der Waals surface area contributed by atoms with Crippen molar-refractivity contribution in [1.29, 1.82) is 0 Å². The topological polar surface area (TPSA) is 93.8 Å². The van der Waals surface area contributed by atoms with Crippen molar-refractivity contribution >= 4 is 5.96 Å². The van der Waals surface area contributed by atoms with Gasteiger partial charge in [-0.2, -0.15) is 4.98 Å². The molecule has 3 rings (SSSR count). The van der Waals surface area contributed by atoms with Crippen molar-refractivity contribution in [2.75, 3.05) is 41.0 Å². The van der Waals surface area contributed by atoms with Crippen molar-refractivity contribution in [3.05, 3.63) is 30.2 Å². The summed E-state index contributed by atoms with van der Waals surface area (Å²) in [4.78, 5) is 8.86. The first kappa shape index (κ1) is 24.0. The minimum Gasteiger partial charge on any atom is -0.497 e. The average molecular weight is 444 g/mol. The Kier molecular flexibility index (Phi) is 9.34. The van der Waals surface area contributed by atoms with Crippen LogP contribution in [0.15, 0.2) is 33.8 Å². The second-order valence-corrected chi connectivity index (χ2v) is 8.50. The van der Waals surface area contributed by atoms with Gasteiger partial charge in [0.25, 0.3) is 0 Å². The number of unbranched alkanes of at least 4 members (excludes halogenated alkanes) is 2. The SMILES string of the molecule is CN=C(NCCCCCc1nc(-c2ccc(OC)cc2)no1)NCC1(CCOC)CCC1. The van der Waals surface area contributed by atoms with Crippen molar-refractivity contribution < 1.29 is 14.0 Å². The van der Waals surface area contributed by atoms with Gasteiger partial charge in [0.2, 0.25) is 11.7 Å². The van der Waals surface area contributed by atoms with E-state index < -0.39 is 0 Å². The molecule has 1 saturated carbocycles. The molecular weight excluding hydrogens is 406 g/mol. The van der Waals surface area contributed by atoms with Gasteiger partial charge in [0.1, 0.15) is 5.75 Å². The Hall–Kier alpha value is -2.61. The number of nitrogens with zero attached hydrogens (tertiary/aromatic N) is 3. The van der Waals surface area contributed by atoms with Gasteiger partial charge in [-0.3, -0.25) is 4.99 Å². The molecule has 0 spiro atoms. The Bertz CT molecular complexity index is 830. The van der Waals surface area contributed by atoms with E-state index in [1.807, 2.05) is 31.3 Å².